The van der Waals surface area contributed by atoms with E-state index in [-0.39, 0.29) is 10.8 Å². The van der Waals surface area contributed by atoms with Gasteiger partial charge in [0.25, 0.3) is 0 Å². The zero-order chi connectivity index (χ0) is 16.0. The Morgan fingerprint density at radius 1 is 1.15 bits per heavy atom. The first-order valence-electron chi connectivity index (χ1n) is 8.01. The van der Waals surface area contributed by atoms with Crippen molar-refractivity contribution in [1.82, 2.24) is 4.90 Å². The molecule has 0 heterocycles. The number of nitrogens with zero attached hydrogens (tertiary/aromatic N) is 1. The van der Waals surface area contributed by atoms with E-state index in [1.54, 1.807) is 0 Å². The first-order chi connectivity index (χ1) is 8.96. The highest BCUT2D eigenvalue weighted by molar-refractivity contribution is 6.66. The third-order valence-corrected chi connectivity index (χ3v) is 8.53. The second-order valence-corrected chi connectivity index (χ2v) is 12.9. The summed E-state index contributed by atoms with van der Waals surface area (Å²) in [6, 6.07) is 1.08. The van der Waals surface area contributed by atoms with Crippen LogP contribution in [0.25, 0.3) is 0 Å². The minimum absolute atomic E-state index is 0.0616. The van der Waals surface area contributed by atoms with Crippen LogP contribution in [0.15, 0.2) is 0 Å². The first-order valence-corrected chi connectivity index (χ1v) is 11.5. The van der Waals surface area contributed by atoms with Gasteiger partial charge in [-0.15, -0.1) is 0 Å². The van der Waals surface area contributed by atoms with Crippen molar-refractivity contribution in [2.24, 2.45) is 0 Å². The van der Waals surface area contributed by atoms with Crippen LogP contribution < -0.4 is 0 Å². The molecule has 0 aliphatic carbocycles. The monoisotopic (exact) mass is 319 g/mol. The molecule has 122 valence electrons. The summed E-state index contributed by atoms with van der Waals surface area (Å²) in [4.78, 5) is 2.41. The van der Waals surface area contributed by atoms with E-state index in [9.17, 15) is 0 Å². The van der Waals surface area contributed by atoms with Gasteiger partial charge < -0.3 is 13.8 Å². The lowest BCUT2D eigenvalue weighted by molar-refractivity contribution is 0.0960. The van der Waals surface area contributed by atoms with E-state index in [2.05, 4.69) is 60.0 Å². The Morgan fingerprint density at radius 2 is 1.70 bits per heavy atom. The summed E-state index contributed by atoms with van der Waals surface area (Å²) in [6.45, 7) is 17.4. The fourth-order valence-electron chi connectivity index (χ4n) is 2.09. The fourth-order valence-corrected chi connectivity index (χ4v) is 6.41. The average Bonchev–Trinajstić information content (AvgIpc) is 2.27. The van der Waals surface area contributed by atoms with Crippen LogP contribution in [-0.4, -0.2) is 54.7 Å². The van der Waals surface area contributed by atoms with Crippen molar-refractivity contribution in [1.29, 1.82) is 0 Å². The minimum Gasteiger partial charge on any atom is -0.395 e. The summed E-state index contributed by atoms with van der Waals surface area (Å²) in [5, 5.41) is 0.0616. The fraction of sp³-hybridized carbons (Fsp3) is 1.00. The zero-order valence-electron chi connectivity index (χ0n) is 15.3. The molecule has 0 spiro atoms. The molecule has 2 atom stereocenters. The third kappa shape index (κ3) is 7.93. The van der Waals surface area contributed by atoms with Crippen molar-refractivity contribution in [2.45, 2.75) is 77.7 Å². The minimum atomic E-state index is -2.02. The van der Waals surface area contributed by atoms with E-state index in [1.165, 1.54) is 0 Å². The number of rotatable bonds is 9. The van der Waals surface area contributed by atoms with Gasteiger partial charge in [0, 0.05) is 27.6 Å². The maximum Gasteiger partial charge on any atom is 0.335 e. The molecule has 0 radical (unpaired) electrons. The van der Waals surface area contributed by atoms with E-state index < -0.39 is 8.56 Å². The number of hydrogen-bond acceptors (Lipinski definition) is 3. The van der Waals surface area contributed by atoms with Gasteiger partial charge >= 0.3 is 8.56 Å². The molecule has 5 heteroatoms. The molecular weight excluding hydrogens is 282 g/mol. The van der Waals surface area contributed by atoms with Crippen LogP contribution >= 0.6 is 0 Å². The lowest BCUT2D eigenvalue weighted by Crippen LogP contribution is -2.48. The van der Waals surface area contributed by atoms with Crippen LogP contribution in [0.5, 0.6) is 0 Å². The molecule has 20 heavy (non-hydrogen) atoms. The average molecular weight is 320 g/mol. The van der Waals surface area contributed by atoms with E-state index in [0.717, 1.165) is 42.3 Å². The highest BCUT2D eigenvalue weighted by Crippen LogP contribution is 2.24. The van der Waals surface area contributed by atoms with Gasteiger partial charge in [-0.05, 0) is 73.6 Å². The normalized spacial score (nSPS) is 19.1. The molecule has 0 aromatic carbocycles. The predicted molar refractivity (Wildman–Crippen MR) is 94.8 cm³/mol. The molecule has 0 aliphatic rings. The van der Waals surface area contributed by atoms with Crippen LogP contribution in [-0.2, 0) is 8.85 Å². The molecule has 3 nitrogen and oxygen atoms in total. The van der Waals surface area contributed by atoms with E-state index in [4.69, 9.17) is 8.85 Å². The summed E-state index contributed by atoms with van der Waals surface area (Å²) in [7, 11) is 1.23. The highest BCUT2D eigenvalue weighted by atomic mass is 28.4. The smallest absolute Gasteiger partial charge is 0.335 e. The van der Waals surface area contributed by atoms with Gasteiger partial charge in [-0.3, -0.25) is 0 Å². The Morgan fingerprint density at radius 3 is 2.10 bits per heavy atom. The van der Waals surface area contributed by atoms with Crippen LogP contribution in [0.1, 0.15) is 54.4 Å². The maximum atomic E-state index is 6.44. The maximum absolute atomic E-state index is 6.44. The van der Waals surface area contributed by atoms with Crippen LogP contribution in [0.3, 0.4) is 0 Å². The van der Waals surface area contributed by atoms with Crippen molar-refractivity contribution in [3.05, 3.63) is 0 Å². The molecule has 0 aromatic rings. The summed E-state index contributed by atoms with van der Waals surface area (Å²) in [5.74, 6) is 0. The van der Waals surface area contributed by atoms with Gasteiger partial charge in [0.15, 0.2) is 0 Å². The van der Waals surface area contributed by atoms with Crippen molar-refractivity contribution >= 4 is 18.8 Å². The van der Waals surface area contributed by atoms with Gasteiger partial charge in [-0.25, -0.2) is 0 Å². The Labute approximate surface area is 131 Å². The molecule has 0 rings (SSSR count). The molecule has 0 N–H and O–H groups in total. The quantitative estimate of drug-likeness (QED) is 0.610. The summed E-state index contributed by atoms with van der Waals surface area (Å²) < 4.78 is 12.5. The lowest BCUT2D eigenvalue weighted by atomic mass is 10.1. The Balaban J connectivity index is 4.47. The summed E-state index contributed by atoms with van der Waals surface area (Å²) >= 11 is 0. The molecule has 2 unspecified atom stereocenters. The molecule has 0 amide bonds. The predicted octanol–water partition coefficient (Wildman–Crippen LogP) is 2.72. The van der Waals surface area contributed by atoms with E-state index in [1.807, 2.05) is 0 Å². The molecule has 0 aliphatic heterocycles. The number of hydrogen-bond donors (Lipinski definition) is 0. The standard InChI is InChI=1S/C15H37NO2Si2/c1-9-15(6,19)18-20(8,17-10-2)13-11-12-16(7)14(3,4)5/h9-13H2,1-8,19H3. The third-order valence-electron chi connectivity index (χ3n) is 4.06. The van der Waals surface area contributed by atoms with Crippen LogP contribution in [0.4, 0.5) is 0 Å². The van der Waals surface area contributed by atoms with Crippen molar-refractivity contribution < 1.29 is 8.85 Å². The Hall–Kier alpha value is 0.314. The van der Waals surface area contributed by atoms with Crippen LogP contribution in [0, 0.1) is 0 Å². The van der Waals surface area contributed by atoms with E-state index in [0.29, 0.717) is 0 Å². The second-order valence-electron chi connectivity index (χ2n) is 7.48. The Bertz CT molecular complexity index is 280. The highest BCUT2D eigenvalue weighted by Gasteiger charge is 2.36. The van der Waals surface area contributed by atoms with Gasteiger partial charge in [0.1, 0.15) is 0 Å². The molecule has 0 saturated carbocycles. The first kappa shape index (κ1) is 20.3. The molecule has 0 saturated heterocycles. The topological polar surface area (TPSA) is 21.7 Å². The lowest BCUT2D eigenvalue weighted by Gasteiger charge is -2.37. The van der Waals surface area contributed by atoms with Gasteiger partial charge in [0.05, 0.1) is 0 Å². The van der Waals surface area contributed by atoms with Crippen molar-refractivity contribution in [3.63, 3.8) is 0 Å². The molecule has 0 aromatic heterocycles. The van der Waals surface area contributed by atoms with Gasteiger partial charge in [-0.1, -0.05) is 6.92 Å². The van der Waals surface area contributed by atoms with Crippen molar-refractivity contribution in [2.75, 3.05) is 20.2 Å². The van der Waals surface area contributed by atoms with Crippen molar-refractivity contribution in [3.8, 4) is 0 Å². The Kier molecular flexibility index (Phi) is 8.21. The summed E-state index contributed by atoms with van der Waals surface area (Å²) in [6.07, 6.45) is 2.23. The van der Waals surface area contributed by atoms with E-state index >= 15 is 0 Å². The zero-order valence-corrected chi connectivity index (χ0v) is 18.3. The van der Waals surface area contributed by atoms with Gasteiger partial charge in [-0.2, -0.15) is 0 Å². The molecular formula is C15H37NO2Si2. The van der Waals surface area contributed by atoms with Crippen LogP contribution in [0.2, 0.25) is 12.6 Å². The molecule has 0 bridgehead atoms. The van der Waals surface area contributed by atoms with Gasteiger partial charge in [0.2, 0.25) is 0 Å². The largest absolute Gasteiger partial charge is 0.395 e. The SMILES string of the molecule is CCO[Si](C)(CCCN(C)C(C)(C)C)OC(C)([SiH3])CC. The second kappa shape index (κ2) is 8.08. The summed E-state index contributed by atoms with van der Waals surface area (Å²) in [5.41, 5.74) is 0.236. The molecule has 0 fully saturated rings.